The molecule has 0 aromatic heterocycles. The van der Waals surface area contributed by atoms with Gasteiger partial charge in [-0.25, -0.2) is 0 Å². The second kappa shape index (κ2) is 3.48. The maximum Gasteiger partial charge on any atom is 0.230 e. The average Bonchev–Trinajstić information content (AvgIpc) is 2.45. The molecule has 3 nitrogen and oxygen atoms in total. The Labute approximate surface area is 92.0 Å². The molecular weight excluding hydrogens is 188 g/mol. The zero-order valence-corrected chi connectivity index (χ0v) is 9.88. The summed E-state index contributed by atoms with van der Waals surface area (Å²) in [6.07, 6.45) is 4.29. The van der Waals surface area contributed by atoms with Gasteiger partial charge in [0.15, 0.2) is 0 Å². The van der Waals surface area contributed by atoms with E-state index >= 15 is 0 Å². The van der Waals surface area contributed by atoms with Crippen molar-refractivity contribution in [3.8, 4) is 0 Å². The van der Waals surface area contributed by atoms with Gasteiger partial charge in [0.25, 0.3) is 0 Å². The summed E-state index contributed by atoms with van der Waals surface area (Å²) in [5.41, 5.74) is 5.88. The standard InChI is InChI=1S/C12H22N2O/c1-11(2)6-7-14(9-11)10(15)12(8-13)4-3-5-12/h3-9,13H2,1-2H3. The smallest absolute Gasteiger partial charge is 0.230 e. The normalized spacial score (nSPS) is 27.5. The molecule has 3 heteroatoms. The molecule has 0 bridgehead atoms. The van der Waals surface area contributed by atoms with Crippen molar-refractivity contribution in [1.82, 2.24) is 4.90 Å². The number of amides is 1. The molecule has 0 radical (unpaired) electrons. The van der Waals surface area contributed by atoms with Gasteiger partial charge in [0.2, 0.25) is 5.91 Å². The Hall–Kier alpha value is -0.570. The number of nitrogens with two attached hydrogens (primary N) is 1. The quantitative estimate of drug-likeness (QED) is 0.748. The highest BCUT2D eigenvalue weighted by molar-refractivity contribution is 5.84. The van der Waals surface area contributed by atoms with Crippen LogP contribution in [0, 0.1) is 10.8 Å². The van der Waals surface area contributed by atoms with E-state index in [4.69, 9.17) is 5.73 Å². The van der Waals surface area contributed by atoms with Crippen LogP contribution >= 0.6 is 0 Å². The van der Waals surface area contributed by atoms with E-state index in [2.05, 4.69) is 13.8 Å². The molecule has 1 aliphatic heterocycles. The van der Waals surface area contributed by atoms with Gasteiger partial charge in [0.1, 0.15) is 0 Å². The number of nitrogens with zero attached hydrogens (tertiary/aromatic N) is 1. The van der Waals surface area contributed by atoms with Crippen LogP contribution in [0.25, 0.3) is 0 Å². The first-order chi connectivity index (χ1) is 6.99. The van der Waals surface area contributed by atoms with Gasteiger partial charge < -0.3 is 10.6 Å². The summed E-state index contributed by atoms with van der Waals surface area (Å²) < 4.78 is 0. The molecule has 2 aliphatic rings. The van der Waals surface area contributed by atoms with Crippen LogP contribution in [0.2, 0.25) is 0 Å². The summed E-state index contributed by atoms with van der Waals surface area (Å²) in [5, 5.41) is 0. The van der Waals surface area contributed by atoms with Crippen molar-refractivity contribution in [3.05, 3.63) is 0 Å². The predicted molar refractivity (Wildman–Crippen MR) is 60.3 cm³/mol. The van der Waals surface area contributed by atoms with Crippen molar-refractivity contribution in [2.24, 2.45) is 16.6 Å². The van der Waals surface area contributed by atoms with Gasteiger partial charge >= 0.3 is 0 Å². The molecule has 2 N–H and O–H groups in total. The van der Waals surface area contributed by atoms with Crippen molar-refractivity contribution in [3.63, 3.8) is 0 Å². The van der Waals surface area contributed by atoms with E-state index in [9.17, 15) is 4.79 Å². The van der Waals surface area contributed by atoms with Crippen LogP contribution in [0.15, 0.2) is 0 Å². The minimum atomic E-state index is -0.180. The average molecular weight is 210 g/mol. The fourth-order valence-corrected chi connectivity index (χ4v) is 2.73. The molecular formula is C12H22N2O. The lowest BCUT2D eigenvalue weighted by molar-refractivity contribution is -0.145. The van der Waals surface area contributed by atoms with Crippen LogP contribution in [-0.4, -0.2) is 30.4 Å². The zero-order chi connectivity index (χ0) is 11.1. The van der Waals surface area contributed by atoms with E-state index in [0.717, 1.165) is 32.4 Å². The summed E-state index contributed by atoms with van der Waals surface area (Å²) in [4.78, 5) is 14.3. The molecule has 1 saturated carbocycles. The summed E-state index contributed by atoms with van der Waals surface area (Å²) in [6, 6.07) is 0. The third kappa shape index (κ3) is 1.78. The minimum absolute atomic E-state index is 0.180. The maximum absolute atomic E-state index is 12.3. The SMILES string of the molecule is CC1(C)CCN(C(=O)C2(CN)CCC2)C1. The van der Waals surface area contributed by atoms with Crippen molar-refractivity contribution in [1.29, 1.82) is 0 Å². The highest BCUT2D eigenvalue weighted by Gasteiger charge is 2.47. The molecule has 86 valence electrons. The fourth-order valence-electron chi connectivity index (χ4n) is 2.73. The lowest BCUT2D eigenvalue weighted by Crippen LogP contribution is -2.51. The Kier molecular flexibility index (Phi) is 2.53. The molecule has 0 unspecified atom stereocenters. The van der Waals surface area contributed by atoms with Gasteiger partial charge in [-0.15, -0.1) is 0 Å². The molecule has 1 saturated heterocycles. The molecule has 1 aliphatic carbocycles. The Bertz CT molecular complexity index is 263. The first-order valence-corrected chi connectivity index (χ1v) is 5.99. The third-order valence-electron chi connectivity index (χ3n) is 4.12. The number of hydrogen-bond donors (Lipinski definition) is 1. The first kappa shape index (κ1) is 10.9. The molecule has 15 heavy (non-hydrogen) atoms. The second-order valence-corrected chi connectivity index (χ2v) is 5.98. The molecule has 0 spiro atoms. The molecule has 0 aromatic rings. The molecule has 2 fully saturated rings. The van der Waals surface area contributed by atoms with E-state index in [1.54, 1.807) is 0 Å². The number of hydrogen-bond acceptors (Lipinski definition) is 2. The topological polar surface area (TPSA) is 46.3 Å². The fraction of sp³-hybridized carbons (Fsp3) is 0.917. The minimum Gasteiger partial charge on any atom is -0.342 e. The van der Waals surface area contributed by atoms with Crippen LogP contribution in [-0.2, 0) is 4.79 Å². The Morgan fingerprint density at radius 3 is 2.33 bits per heavy atom. The number of rotatable bonds is 2. The molecule has 1 heterocycles. The van der Waals surface area contributed by atoms with Crippen LogP contribution < -0.4 is 5.73 Å². The Morgan fingerprint density at radius 1 is 1.33 bits per heavy atom. The van der Waals surface area contributed by atoms with Gasteiger partial charge in [-0.3, -0.25) is 4.79 Å². The molecule has 0 atom stereocenters. The van der Waals surface area contributed by atoms with Gasteiger partial charge in [0.05, 0.1) is 5.41 Å². The van der Waals surface area contributed by atoms with E-state index in [0.29, 0.717) is 17.9 Å². The lowest BCUT2D eigenvalue weighted by Gasteiger charge is -2.42. The Balaban J connectivity index is 2.03. The van der Waals surface area contributed by atoms with Crippen LogP contribution in [0.1, 0.15) is 39.5 Å². The van der Waals surface area contributed by atoms with Crippen molar-refractivity contribution < 1.29 is 4.79 Å². The lowest BCUT2D eigenvalue weighted by atomic mass is 9.68. The van der Waals surface area contributed by atoms with Crippen LogP contribution in [0.5, 0.6) is 0 Å². The van der Waals surface area contributed by atoms with Gasteiger partial charge in [-0.1, -0.05) is 20.3 Å². The number of likely N-dealkylation sites (tertiary alicyclic amines) is 1. The van der Waals surface area contributed by atoms with Crippen molar-refractivity contribution >= 4 is 5.91 Å². The monoisotopic (exact) mass is 210 g/mol. The zero-order valence-electron chi connectivity index (χ0n) is 9.88. The summed E-state index contributed by atoms with van der Waals surface area (Å²) in [5.74, 6) is 0.321. The van der Waals surface area contributed by atoms with Crippen LogP contribution in [0.4, 0.5) is 0 Å². The van der Waals surface area contributed by atoms with E-state index in [-0.39, 0.29) is 5.41 Å². The van der Waals surface area contributed by atoms with Gasteiger partial charge in [-0.05, 0) is 24.7 Å². The molecule has 2 rings (SSSR count). The van der Waals surface area contributed by atoms with Gasteiger partial charge in [0, 0.05) is 19.6 Å². The maximum atomic E-state index is 12.3. The molecule has 1 amide bonds. The first-order valence-electron chi connectivity index (χ1n) is 5.99. The highest BCUT2D eigenvalue weighted by Crippen LogP contribution is 2.43. The number of carbonyl (C=O) groups excluding carboxylic acids is 1. The van der Waals surface area contributed by atoms with Crippen molar-refractivity contribution in [2.45, 2.75) is 39.5 Å². The summed E-state index contributed by atoms with van der Waals surface area (Å²) in [7, 11) is 0. The van der Waals surface area contributed by atoms with E-state index in [1.165, 1.54) is 6.42 Å². The third-order valence-corrected chi connectivity index (χ3v) is 4.12. The predicted octanol–water partition coefficient (Wildman–Crippen LogP) is 1.37. The largest absolute Gasteiger partial charge is 0.342 e. The van der Waals surface area contributed by atoms with Gasteiger partial charge in [-0.2, -0.15) is 0 Å². The highest BCUT2D eigenvalue weighted by atomic mass is 16.2. The molecule has 0 aromatic carbocycles. The van der Waals surface area contributed by atoms with E-state index < -0.39 is 0 Å². The van der Waals surface area contributed by atoms with Crippen LogP contribution in [0.3, 0.4) is 0 Å². The van der Waals surface area contributed by atoms with Crippen molar-refractivity contribution in [2.75, 3.05) is 19.6 Å². The van der Waals surface area contributed by atoms with E-state index in [1.807, 2.05) is 4.90 Å². The summed E-state index contributed by atoms with van der Waals surface area (Å²) >= 11 is 0. The Morgan fingerprint density at radius 2 is 2.00 bits per heavy atom. The summed E-state index contributed by atoms with van der Waals surface area (Å²) in [6.45, 7) is 6.83. The second-order valence-electron chi connectivity index (χ2n) is 5.98. The number of carbonyl (C=O) groups is 1.